The summed E-state index contributed by atoms with van der Waals surface area (Å²) >= 11 is 0. The molecule has 1 aliphatic rings. The van der Waals surface area contributed by atoms with Crippen LogP contribution in [0.1, 0.15) is 63.6 Å². The van der Waals surface area contributed by atoms with Gasteiger partial charge in [-0.3, -0.25) is 4.79 Å². The molecule has 0 radical (unpaired) electrons. The van der Waals surface area contributed by atoms with E-state index in [1.54, 1.807) is 6.08 Å². The molecular weight excluding hydrogens is 370 g/mol. The van der Waals surface area contributed by atoms with Crippen LogP contribution in [-0.4, -0.2) is 17.5 Å². The highest BCUT2D eigenvalue weighted by atomic mass is 16.1. The van der Waals surface area contributed by atoms with E-state index in [9.17, 15) is 10.1 Å². The number of nitrogens with one attached hydrogen (secondary N) is 1. The van der Waals surface area contributed by atoms with Gasteiger partial charge in [0.2, 0.25) is 0 Å². The van der Waals surface area contributed by atoms with Gasteiger partial charge in [0.15, 0.2) is 0 Å². The van der Waals surface area contributed by atoms with Gasteiger partial charge in [-0.15, -0.1) is 0 Å². The molecular formula is C26H31N3O. The fraction of sp³-hybridized carbons (Fsp3) is 0.385. The quantitative estimate of drug-likeness (QED) is 0.538. The number of carbonyl (C=O) groups excluding carboxylic acids is 1. The first-order valence-electron chi connectivity index (χ1n) is 10.6. The van der Waals surface area contributed by atoms with E-state index in [0.29, 0.717) is 18.5 Å². The monoisotopic (exact) mass is 401 g/mol. The molecule has 3 rings (SSSR count). The Morgan fingerprint density at radius 1 is 1.27 bits per heavy atom. The Labute approximate surface area is 180 Å². The summed E-state index contributed by atoms with van der Waals surface area (Å²) in [6, 6.07) is 18.4. The molecule has 2 aromatic rings. The molecule has 0 saturated carbocycles. The number of nitriles is 1. The molecule has 0 spiro atoms. The van der Waals surface area contributed by atoms with Crippen LogP contribution in [0.25, 0.3) is 6.08 Å². The maximum absolute atomic E-state index is 12.5. The van der Waals surface area contributed by atoms with Crippen molar-refractivity contribution in [2.24, 2.45) is 0 Å². The highest BCUT2D eigenvalue weighted by Gasteiger charge is 2.37. The molecule has 1 amide bonds. The maximum atomic E-state index is 12.5. The van der Waals surface area contributed by atoms with Crippen molar-refractivity contribution in [2.75, 3.05) is 4.90 Å². The van der Waals surface area contributed by atoms with Crippen LogP contribution in [0.15, 0.2) is 54.1 Å². The van der Waals surface area contributed by atoms with Crippen molar-refractivity contribution in [3.05, 3.63) is 70.8 Å². The molecule has 2 aromatic carbocycles. The summed E-state index contributed by atoms with van der Waals surface area (Å²) in [6.45, 7) is 11.7. The van der Waals surface area contributed by atoms with E-state index >= 15 is 0 Å². The zero-order valence-electron chi connectivity index (χ0n) is 18.6. The minimum atomic E-state index is -0.350. The number of benzene rings is 2. The smallest absolute Gasteiger partial charge is 0.262 e. The molecule has 0 fully saturated rings. The molecule has 0 saturated heterocycles. The maximum Gasteiger partial charge on any atom is 0.262 e. The van der Waals surface area contributed by atoms with E-state index in [1.165, 1.54) is 11.3 Å². The number of nitrogens with zero attached hydrogens (tertiary/aromatic N) is 2. The molecule has 0 aromatic heterocycles. The van der Waals surface area contributed by atoms with Gasteiger partial charge in [-0.1, -0.05) is 43.3 Å². The van der Waals surface area contributed by atoms with Gasteiger partial charge in [0.1, 0.15) is 11.6 Å². The van der Waals surface area contributed by atoms with Gasteiger partial charge in [-0.25, -0.2) is 0 Å². The first kappa shape index (κ1) is 21.6. The Balaban J connectivity index is 1.85. The molecule has 0 unspecified atom stereocenters. The summed E-state index contributed by atoms with van der Waals surface area (Å²) in [4.78, 5) is 15.0. The van der Waals surface area contributed by atoms with Crippen LogP contribution in [0, 0.1) is 11.3 Å². The van der Waals surface area contributed by atoms with Gasteiger partial charge in [0, 0.05) is 23.8 Å². The van der Waals surface area contributed by atoms with E-state index in [4.69, 9.17) is 0 Å². The summed E-state index contributed by atoms with van der Waals surface area (Å²) < 4.78 is 0. The fourth-order valence-electron chi connectivity index (χ4n) is 4.73. The number of hydrogen-bond donors (Lipinski definition) is 1. The Kier molecular flexibility index (Phi) is 6.31. The molecule has 4 heteroatoms. The van der Waals surface area contributed by atoms with E-state index in [0.717, 1.165) is 17.5 Å². The Bertz CT molecular complexity index is 983. The minimum Gasteiger partial charge on any atom is -0.364 e. The normalized spacial score (nSPS) is 18.0. The van der Waals surface area contributed by atoms with E-state index in [1.807, 2.05) is 36.4 Å². The largest absolute Gasteiger partial charge is 0.364 e. The number of amides is 1. The first-order chi connectivity index (χ1) is 14.2. The van der Waals surface area contributed by atoms with Crippen LogP contribution in [0.5, 0.6) is 0 Å². The van der Waals surface area contributed by atoms with Crippen molar-refractivity contribution in [3.8, 4) is 6.07 Å². The third-order valence-corrected chi connectivity index (χ3v) is 5.79. The average molecular weight is 402 g/mol. The first-order valence-corrected chi connectivity index (χ1v) is 10.6. The third-order valence-electron chi connectivity index (χ3n) is 5.79. The van der Waals surface area contributed by atoms with Gasteiger partial charge < -0.3 is 10.2 Å². The molecule has 30 heavy (non-hydrogen) atoms. The lowest BCUT2D eigenvalue weighted by atomic mass is 9.79. The van der Waals surface area contributed by atoms with Crippen LogP contribution in [0.4, 0.5) is 5.69 Å². The molecule has 1 aliphatic heterocycles. The van der Waals surface area contributed by atoms with Crippen molar-refractivity contribution in [2.45, 2.75) is 65.1 Å². The summed E-state index contributed by atoms with van der Waals surface area (Å²) in [5.41, 5.74) is 4.62. The number of anilines is 1. The molecule has 1 heterocycles. The Hall–Kier alpha value is -3.06. The van der Waals surface area contributed by atoms with Crippen LogP contribution in [0.2, 0.25) is 0 Å². The fourth-order valence-corrected chi connectivity index (χ4v) is 4.73. The predicted octanol–water partition coefficient (Wildman–Crippen LogP) is 5.41. The van der Waals surface area contributed by atoms with Crippen molar-refractivity contribution >= 4 is 17.7 Å². The number of carbonyl (C=O) groups is 1. The van der Waals surface area contributed by atoms with Crippen LogP contribution < -0.4 is 10.2 Å². The van der Waals surface area contributed by atoms with Gasteiger partial charge in [-0.2, -0.15) is 5.26 Å². The molecule has 156 valence electrons. The summed E-state index contributed by atoms with van der Waals surface area (Å²) in [6.07, 6.45) is 2.75. The van der Waals surface area contributed by atoms with E-state index < -0.39 is 0 Å². The standard InChI is InChI=1S/C26H31N3O/c1-18(2)29-24-12-11-21(14-23(24)19(3)15-26(29,4)5)13-22(16-27)25(30)28-17-20-9-7-6-8-10-20/h6-14,18-19H,15,17H2,1-5H3,(H,28,30)/b22-13-/t19-/m1/s1. The molecule has 1 N–H and O–H groups in total. The average Bonchev–Trinajstić information content (AvgIpc) is 2.70. The van der Waals surface area contributed by atoms with Gasteiger partial charge in [-0.05, 0) is 74.9 Å². The third kappa shape index (κ3) is 4.57. The summed E-state index contributed by atoms with van der Waals surface area (Å²) in [5, 5.41) is 12.4. The topological polar surface area (TPSA) is 56.1 Å². The summed E-state index contributed by atoms with van der Waals surface area (Å²) in [5.74, 6) is 0.0628. The Morgan fingerprint density at radius 2 is 1.97 bits per heavy atom. The molecule has 4 nitrogen and oxygen atoms in total. The van der Waals surface area contributed by atoms with Crippen molar-refractivity contribution in [1.82, 2.24) is 5.32 Å². The SMILES string of the molecule is CC(C)N1c2ccc(/C=C(/C#N)C(=O)NCc3ccccc3)cc2[C@H](C)CC1(C)C. The zero-order valence-corrected chi connectivity index (χ0v) is 18.6. The van der Waals surface area contributed by atoms with Crippen LogP contribution >= 0.6 is 0 Å². The lowest BCUT2D eigenvalue weighted by molar-refractivity contribution is -0.117. The highest BCUT2D eigenvalue weighted by Crippen LogP contribution is 2.44. The van der Waals surface area contributed by atoms with Crippen molar-refractivity contribution in [1.29, 1.82) is 5.26 Å². The molecule has 0 aliphatic carbocycles. The second-order valence-corrected chi connectivity index (χ2v) is 9.04. The number of fused-ring (bicyclic) bond motifs is 1. The predicted molar refractivity (Wildman–Crippen MR) is 123 cm³/mol. The number of rotatable bonds is 5. The van der Waals surface area contributed by atoms with Gasteiger partial charge in [0.25, 0.3) is 5.91 Å². The highest BCUT2D eigenvalue weighted by molar-refractivity contribution is 6.01. The molecule has 1 atom stereocenters. The van der Waals surface area contributed by atoms with Crippen molar-refractivity contribution < 1.29 is 4.79 Å². The lowest BCUT2D eigenvalue weighted by Gasteiger charge is -2.50. The second kappa shape index (κ2) is 8.75. The second-order valence-electron chi connectivity index (χ2n) is 9.04. The van der Waals surface area contributed by atoms with E-state index in [-0.39, 0.29) is 17.0 Å². The lowest BCUT2D eigenvalue weighted by Crippen LogP contribution is -2.51. The minimum absolute atomic E-state index is 0.0904. The van der Waals surface area contributed by atoms with E-state index in [2.05, 4.69) is 63.0 Å². The zero-order chi connectivity index (χ0) is 21.9. The molecule has 0 bridgehead atoms. The van der Waals surface area contributed by atoms with Crippen molar-refractivity contribution in [3.63, 3.8) is 0 Å². The van der Waals surface area contributed by atoms with Gasteiger partial charge in [0.05, 0.1) is 0 Å². The van der Waals surface area contributed by atoms with Crippen LogP contribution in [-0.2, 0) is 11.3 Å². The number of hydrogen-bond acceptors (Lipinski definition) is 3. The van der Waals surface area contributed by atoms with Gasteiger partial charge >= 0.3 is 0 Å². The van der Waals surface area contributed by atoms with Crippen LogP contribution in [0.3, 0.4) is 0 Å². The summed E-state index contributed by atoms with van der Waals surface area (Å²) in [7, 11) is 0. The Morgan fingerprint density at radius 3 is 2.60 bits per heavy atom.